The molecule has 1 aromatic carbocycles. The number of anilines is 2. The van der Waals surface area contributed by atoms with Crippen LogP contribution in [0.15, 0.2) is 12.1 Å². The lowest BCUT2D eigenvalue weighted by molar-refractivity contribution is 0.154. The molecule has 3 aliphatic heterocycles. The molecule has 8 nitrogen and oxygen atoms in total. The van der Waals surface area contributed by atoms with Crippen molar-refractivity contribution in [2.45, 2.75) is 57.5 Å². The zero-order chi connectivity index (χ0) is 23.3. The molecule has 1 atom stereocenters. The fourth-order valence-corrected chi connectivity index (χ4v) is 5.48. The van der Waals surface area contributed by atoms with Crippen LogP contribution in [0.5, 0.6) is 11.5 Å². The molecular weight excluding hydrogens is 430 g/mol. The molecule has 0 aliphatic carbocycles. The second-order valence-electron chi connectivity index (χ2n) is 9.91. The van der Waals surface area contributed by atoms with Gasteiger partial charge in [0, 0.05) is 44.2 Å². The first-order chi connectivity index (χ1) is 16.7. The lowest BCUT2D eigenvalue weighted by Gasteiger charge is -2.32. The van der Waals surface area contributed by atoms with Gasteiger partial charge in [0.05, 0.1) is 25.3 Å². The number of aromatic nitrogens is 2. The highest BCUT2D eigenvalue weighted by Crippen LogP contribution is 2.37. The first-order valence-corrected chi connectivity index (χ1v) is 13.1. The first-order valence-electron chi connectivity index (χ1n) is 13.1. The van der Waals surface area contributed by atoms with Gasteiger partial charge in [0.15, 0.2) is 11.5 Å². The largest absolute Gasteiger partial charge is 0.493 e. The summed E-state index contributed by atoms with van der Waals surface area (Å²) in [4.78, 5) is 17.0. The van der Waals surface area contributed by atoms with Crippen LogP contribution >= 0.6 is 0 Å². The number of β-amino-alcohol motifs (C(OH)–C–C–N with tert-alkyl or cyclic N) is 1. The van der Waals surface area contributed by atoms with Crippen LogP contribution in [0.3, 0.4) is 0 Å². The van der Waals surface area contributed by atoms with Crippen LogP contribution < -0.4 is 19.3 Å². The molecule has 0 spiro atoms. The van der Waals surface area contributed by atoms with Crippen LogP contribution in [0.1, 0.15) is 51.4 Å². The van der Waals surface area contributed by atoms with Gasteiger partial charge in [-0.1, -0.05) is 6.42 Å². The first kappa shape index (κ1) is 23.4. The predicted molar refractivity (Wildman–Crippen MR) is 135 cm³/mol. The monoisotopic (exact) mass is 469 g/mol. The van der Waals surface area contributed by atoms with Crippen molar-refractivity contribution >= 4 is 22.7 Å². The number of piperidine rings is 2. The normalized spacial score (nSPS) is 21.9. The SMILES string of the molecule is COc1cc2c(N3CCCC(O)C3)nc(N3CCCC3)nc2cc1OCCCN1CCCCC1. The third-order valence-corrected chi connectivity index (χ3v) is 7.36. The van der Waals surface area contributed by atoms with Crippen molar-refractivity contribution in [1.29, 1.82) is 0 Å². The number of benzene rings is 1. The van der Waals surface area contributed by atoms with E-state index in [4.69, 9.17) is 19.4 Å². The Morgan fingerprint density at radius 1 is 0.912 bits per heavy atom. The number of aliphatic hydroxyl groups is 1. The molecule has 2 aromatic rings. The number of aliphatic hydroxyl groups excluding tert-OH is 1. The fourth-order valence-electron chi connectivity index (χ4n) is 5.48. The van der Waals surface area contributed by atoms with Crippen molar-refractivity contribution in [3.8, 4) is 11.5 Å². The molecule has 8 heteroatoms. The molecule has 0 bridgehead atoms. The van der Waals surface area contributed by atoms with Crippen LogP contribution in [0, 0.1) is 0 Å². The van der Waals surface area contributed by atoms with Gasteiger partial charge < -0.3 is 29.3 Å². The fraction of sp³-hybridized carbons (Fsp3) is 0.692. The molecule has 1 unspecified atom stereocenters. The van der Waals surface area contributed by atoms with Gasteiger partial charge in [-0.3, -0.25) is 0 Å². The van der Waals surface area contributed by atoms with Crippen molar-refractivity contribution < 1.29 is 14.6 Å². The van der Waals surface area contributed by atoms with E-state index < -0.39 is 0 Å². The van der Waals surface area contributed by atoms with Crippen LogP contribution in [-0.2, 0) is 0 Å². The predicted octanol–water partition coefficient (Wildman–Crippen LogP) is 3.45. The summed E-state index contributed by atoms with van der Waals surface area (Å²) in [5.74, 6) is 3.12. The molecule has 34 heavy (non-hydrogen) atoms. The summed E-state index contributed by atoms with van der Waals surface area (Å²) in [5.41, 5.74) is 0.874. The zero-order valence-electron chi connectivity index (χ0n) is 20.5. The van der Waals surface area contributed by atoms with Crippen LogP contribution in [0.2, 0.25) is 0 Å². The Kier molecular flexibility index (Phi) is 7.54. The smallest absolute Gasteiger partial charge is 0.227 e. The lowest BCUT2D eigenvalue weighted by atomic mass is 10.1. The van der Waals surface area contributed by atoms with E-state index in [-0.39, 0.29) is 6.10 Å². The quantitative estimate of drug-likeness (QED) is 0.590. The molecule has 3 aliphatic rings. The molecular formula is C26H39N5O3. The average molecular weight is 470 g/mol. The Morgan fingerprint density at radius 3 is 2.44 bits per heavy atom. The van der Waals surface area contributed by atoms with Crippen LogP contribution in [0.4, 0.5) is 11.8 Å². The maximum absolute atomic E-state index is 10.3. The standard InChI is InChI=1S/C26H39N5O3/c1-33-23-17-21-22(18-24(23)34-16-8-12-29-10-3-2-4-11-29)27-26(30-13-5-6-14-30)28-25(21)31-15-7-9-20(32)19-31/h17-18,20,32H,2-16,19H2,1H3. The molecule has 5 rings (SSSR count). The van der Waals surface area contributed by atoms with Crippen LogP contribution in [0.25, 0.3) is 10.9 Å². The van der Waals surface area contributed by atoms with Gasteiger partial charge in [0.2, 0.25) is 5.95 Å². The third kappa shape index (κ3) is 5.33. The summed E-state index contributed by atoms with van der Waals surface area (Å²) in [5, 5.41) is 11.3. The minimum absolute atomic E-state index is 0.321. The third-order valence-electron chi connectivity index (χ3n) is 7.36. The Labute approximate surface area is 202 Å². The number of rotatable bonds is 8. The highest BCUT2D eigenvalue weighted by Gasteiger charge is 2.25. The molecule has 0 radical (unpaired) electrons. The number of methoxy groups -OCH3 is 1. The Balaban J connectivity index is 1.40. The van der Waals surface area contributed by atoms with Crippen molar-refractivity contribution in [3.63, 3.8) is 0 Å². The zero-order valence-corrected chi connectivity index (χ0v) is 20.5. The highest BCUT2D eigenvalue weighted by atomic mass is 16.5. The molecule has 1 aromatic heterocycles. The van der Waals surface area contributed by atoms with E-state index in [1.807, 2.05) is 12.1 Å². The number of fused-ring (bicyclic) bond motifs is 1. The second kappa shape index (κ2) is 11.0. The minimum Gasteiger partial charge on any atom is -0.493 e. The van der Waals surface area contributed by atoms with E-state index in [9.17, 15) is 5.11 Å². The van der Waals surface area contributed by atoms with Crippen LogP contribution in [-0.4, -0.2) is 85.6 Å². The molecule has 1 N–H and O–H groups in total. The average Bonchev–Trinajstić information content (AvgIpc) is 3.41. The Hall–Kier alpha value is -2.32. The van der Waals surface area contributed by atoms with Crippen molar-refractivity contribution in [3.05, 3.63) is 12.1 Å². The van der Waals surface area contributed by atoms with Gasteiger partial charge in [-0.2, -0.15) is 4.98 Å². The summed E-state index contributed by atoms with van der Waals surface area (Å²) in [6.07, 6.45) is 8.82. The van der Waals surface area contributed by atoms with Crippen molar-refractivity contribution in [2.75, 3.05) is 69.3 Å². The van der Waals surface area contributed by atoms with Gasteiger partial charge in [0.25, 0.3) is 0 Å². The van der Waals surface area contributed by atoms with E-state index in [2.05, 4.69) is 14.7 Å². The number of nitrogens with zero attached hydrogens (tertiary/aromatic N) is 5. The topological polar surface area (TPSA) is 74.2 Å². The van der Waals surface area contributed by atoms with Gasteiger partial charge in [-0.05, 0) is 64.1 Å². The number of hydrogen-bond donors (Lipinski definition) is 1. The summed E-state index contributed by atoms with van der Waals surface area (Å²) in [7, 11) is 1.69. The summed E-state index contributed by atoms with van der Waals surface area (Å²) in [6.45, 7) is 7.63. The van der Waals surface area contributed by atoms with Gasteiger partial charge in [-0.15, -0.1) is 0 Å². The Bertz CT molecular complexity index is 959. The van der Waals surface area contributed by atoms with Crippen molar-refractivity contribution in [1.82, 2.24) is 14.9 Å². The summed E-state index contributed by atoms with van der Waals surface area (Å²) < 4.78 is 11.9. The summed E-state index contributed by atoms with van der Waals surface area (Å²) >= 11 is 0. The molecule has 3 saturated heterocycles. The van der Waals surface area contributed by atoms with Gasteiger partial charge in [0.1, 0.15) is 5.82 Å². The number of likely N-dealkylation sites (tertiary alicyclic amines) is 1. The number of ether oxygens (including phenoxy) is 2. The molecule has 4 heterocycles. The second-order valence-corrected chi connectivity index (χ2v) is 9.91. The molecule has 0 amide bonds. The van der Waals surface area contributed by atoms with E-state index in [1.54, 1.807) is 7.11 Å². The van der Waals surface area contributed by atoms with Gasteiger partial charge in [-0.25, -0.2) is 4.98 Å². The Morgan fingerprint density at radius 2 is 1.68 bits per heavy atom. The van der Waals surface area contributed by atoms with E-state index in [0.29, 0.717) is 18.9 Å². The minimum atomic E-state index is -0.321. The molecule has 3 fully saturated rings. The van der Waals surface area contributed by atoms with Gasteiger partial charge >= 0.3 is 0 Å². The maximum Gasteiger partial charge on any atom is 0.227 e. The lowest BCUT2D eigenvalue weighted by Crippen LogP contribution is -2.39. The number of hydrogen-bond acceptors (Lipinski definition) is 8. The maximum atomic E-state index is 10.3. The van der Waals surface area contributed by atoms with E-state index >= 15 is 0 Å². The van der Waals surface area contributed by atoms with E-state index in [1.165, 1.54) is 45.2 Å². The summed E-state index contributed by atoms with van der Waals surface area (Å²) in [6, 6.07) is 4.03. The highest BCUT2D eigenvalue weighted by molar-refractivity contribution is 5.93. The molecule has 186 valence electrons. The van der Waals surface area contributed by atoms with Crippen molar-refractivity contribution in [2.24, 2.45) is 0 Å². The van der Waals surface area contributed by atoms with E-state index in [0.717, 1.165) is 73.9 Å². The molecule has 0 saturated carbocycles.